The fourth-order valence-electron chi connectivity index (χ4n) is 3.11. The molecular weight excluding hydrogens is 358 g/mol. The summed E-state index contributed by atoms with van der Waals surface area (Å²) in [5.41, 5.74) is 3.06. The highest BCUT2D eigenvalue weighted by molar-refractivity contribution is 6.16. The molecule has 0 radical (unpaired) electrons. The number of carbonyl (C=O) groups is 1. The van der Waals surface area contributed by atoms with Gasteiger partial charge in [0.1, 0.15) is 17.9 Å². The van der Waals surface area contributed by atoms with Gasteiger partial charge in [-0.3, -0.25) is 0 Å². The molecule has 2 aromatic rings. The Balaban J connectivity index is 1.76. The number of nitrogens with zero attached hydrogens (tertiary/aromatic N) is 1. The Morgan fingerprint density at radius 3 is 2.64 bits per heavy atom. The van der Waals surface area contributed by atoms with Crippen molar-refractivity contribution < 1.29 is 23.7 Å². The summed E-state index contributed by atoms with van der Waals surface area (Å²) in [5, 5.41) is 0. The van der Waals surface area contributed by atoms with Crippen molar-refractivity contribution in [2.45, 2.75) is 6.61 Å². The van der Waals surface area contributed by atoms with E-state index < -0.39 is 5.97 Å². The second kappa shape index (κ2) is 9.80. The van der Waals surface area contributed by atoms with Crippen molar-refractivity contribution in [1.29, 1.82) is 0 Å². The van der Waals surface area contributed by atoms with Gasteiger partial charge in [0.2, 0.25) is 0 Å². The van der Waals surface area contributed by atoms with E-state index >= 15 is 0 Å². The molecule has 1 aliphatic rings. The van der Waals surface area contributed by atoms with Gasteiger partial charge in [-0.2, -0.15) is 0 Å². The maximum atomic E-state index is 12.1. The Morgan fingerprint density at radius 1 is 1.11 bits per heavy atom. The van der Waals surface area contributed by atoms with Gasteiger partial charge in [-0.05, 0) is 23.3 Å². The molecule has 1 aliphatic heterocycles. The molecule has 0 spiro atoms. The van der Waals surface area contributed by atoms with Gasteiger partial charge in [0.05, 0.1) is 33.7 Å². The molecule has 0 aliphatic carbocycles. The average Bonchev–Trinajstić information content (AvgIpc) is 2.76. The van der Waals surface area contributed by atoms with E-state index in [4.69, 9.17) is 18.9 Å². The number of morpholine rings is 1. The maximum Gasteiger partial charge on any atom is 0.341 e. The summed E-state index contributed by atoms with van der Waals surface area (Å²) in [6, 6.07) is 15.6. The Bertz CT molecular complexity index is 827. The first-order valence-electron chi connectivity index (χ1n) is 9.18. The van der Waals surface area contributed by atoms with Crippen molar-refractivity contribution in [3.8, 4) is 5.75 Å². The number of hydrogen-bond acceptors (Lipinski definition) is 6. The first-order valence-corrected chi connectivity index (χ1v) is 9.18. The van der Waals surface area contributed by atoms with E-state index in [1.165, 1.54) is 20.5 Å². The van der Waals surface area contributed by atoms with Crippen LogP contribution in [-0.4, -0.2) is 46.5 Å². The molecule has 28 heavy (non-hydrogen) atoms. The second-order valence-corrected chi connectivity index (χ2v) is 6.30. The summed E-state index contributed by atoms with van der Waals surface area (Å²) in [5.74, 6) is 0.317. The molecule has 6 nitrogen and oxygen atoms in total. The minimum absolute atomic E-state index is 0.320. The Labute approximate surface area is 165 Å². The molecule has 3 rings (SSSR count). The molecule has 0 amide bonds. The van der Waals surface area contributed by atoms with Gasteiger partial charge in [-0.25, -0.2) is 4.79 Å². The number of rotatable bonds is 7. The molecule has 0 atom stereocenters. The molecule has 148 valence electrons. The van der Waals surface area contributed by atoms with E-state index in [1.54, 1.807) is 0 Å². The number of carbonyl (C=O) groups excluding carboxylic acids is 1. The fraction of sp³-hybridized carbons (Fsp3) is 0.318. The van der Waals surface area contributed by atoms with Gasteiger partial charge in [0, 0.05) is 24.8 Å². The largest absolute Gasteiger partial charge is 0.503 e. The van der Waals surface area contributed by atoms with Crippen molar-refractivity contribution in [2.75, 3.05) is 45.4 Å². The highest BCUT2D eigenvalue weighted by Crippen LogP contribution is 2.25. The molecule has 0 bridgehead atoms. The minimum Gasteiger partial charge on any atom is -0.503 e. The Kier molecular flexibility index (Phi) is 6.92. The molecule has 1 fully saturated rings. The highest BCUT2D eigenvalue weighted by Gasteiger charge is 2.17. The molecule has 6 heteroatoms. The third-order valence-corrected chi connectivity index (χ3v) is 4.54. The first-order chi connectivity index (χ1) is 13.7. The summed E-state index contributed by atoms with van der Waals surface area (Å²) >= 11 is 0. The minimum atomic E-state index is -0.455. The number of esters is 1. The third kappa shape index (κ3) is 4.84. The molecule has 0 aromatic heterocycles. The van der Waals surface area contributed by atoms with Crippen LogP contribution in [0.25, 0.3) is 5.57 Å². The van der Waals surface area contributed by atoms with Crippen molar-refractivity contribution >= 4 is 17.2 Å². The predicted molar refractivity (Wildman–Crippen MR) is 107 cm³/mol. The van der Waals surface area contributed by atoms with Crippen LogP contribution in [0.1, 0.15) is 11.1 Å². The maximum absolute atomic E-state index is 12.1. The average molecular weight is 383 g/mol. The van der Waals surface area contributed by atoms with Crippen LogP contribution in [0, 0.1) is 0 Å². The zero-order valence-corrected chi connectivity index (χ0v) is 16.2. The van der Waals surface area contributed by atoms with Crippen LogP contribution in [0.2, 0.25) is 0 Å². The van der Waals surface area contributed by atoms with Crippen LogP contribution >= 0.6 is 0 Å². The Morgan fingerprint density at radius 2 is 1.89 bits per heavy atom. The van der Waals surface area contributed by atoms with Crippen LogP contribution < -0.4 is 9.64 Å². The van der Waals surface area contributed by atoms with Crippen LogP contribution in [0.4, 0.5) is 5.69 Å². The van der Waals surface area contributed by atoms with E-state index in [-0.39, 0.29) is 0 Å². The molecule has 0 unspecified atom stereocenters. The van der Waals surface area contributed by atoms with Crippen molar-refractivity contribution in [2.24, 2.45) is 0 Å². The molecule has 2 aromatic carbocycles. The van der Waals surface area contributed by atoms with Gasteiger partial charge < -0.3 is 23.8 Å². The third-order valence-electron chi connectivity index (χ3n) is 4.54. The van der Waals surface area contributed by atoms with Crippen LogP contribution in [0.15, 0.2) is 54.8 Å². The van der Waals surface area contributed by atoms with Crippen LogP contribution in [-0.2, 0) is 25.6 Å². The topological polar surface area (TPSA) is 57.2 Å². The highest BCUT2D eigenvalue weighted by atomic mass is 16.5. The molecular formula is C22H25NO5. The normalized spacial score (nSPS) is 14.5. The first kappa shape index (κ1) is 19.8. The number of anilines is 1. The van der Waals surface area contributed by atoms with Crippen LogP contribution in [0.3, 0.4) is 0 Å². The van der Waals surface area contributed by atoms with Gasteiger partial charge in [-0.15, -0.1) is 0 Å². The summed E-state index contributed by atoms with van der Waals surface area (Å²) in [6.45, 7) is 3.54. The van der Waals surface area contributed by atoms with E-state index in [9.17, 15) is 4.79 Å². The second-order valence-electron chi connectivity index (χ2n) is 6.30. The lowest BCUT2D eigenvalue weighted by Crippen LogP contribution is -2.36. The number of benzene rings is 2. The fourth-order valence-corrected chi connectivity index (χ4v) is 3.11. The van der Waals surface area contributed by atoms with E-state index in [2.05, 4.69) is 11.0 Å². The summed E-state index contributed by atoms with van der Waals surface area (Å²) in [7, 11) is 2.85. The van der Waals surface area contributed by atoms with Crippen LogP contribution in [0.5, 0.6) is 5.75 Å². The monoisotopic (exact) mass is 383 g/mol. The van der Waals surface area contributed by atoms with Crippen molar-refractivity contribution in [3.63, 3.8) is 0 Å². The Hall–Kier alpha value is -2.99. The van der Waals surface area contributed by atoms with E-state index in [0.717, 1.165) is 48.9 Å². The smallest absolute Gasteiger partial charge is 0.341 e. The SMILES string of the molecule is CO/C=C(/C(=O)OC)c1ccccc1COc1cccc(N2CCOCC2)c1. The lowest BCUT2D eigenvalue weighted by Gasteiger charge is -2.29. The summed E-state index contributed by atoms with van der Waals surface area (Å²) in [4.78, 5) is 14.4. The van der Waals surface area contributed by atoms with Crippen molar-refractivity contribution in [1.82, 2.24) is 0 Å². The quantitative estimate of drug-likeness (QED) is 0.416. The molecule has 1 heterocycles. The number of hydrogen-bond donors (Lipinski definition) is 0. The van der Waals surface area contributed by atoms with E-state index in [1.807, 2.05) is 42.5 Å². The standard InChI is InChI=1S/C22H25NO5/c1-25-16-21(22(24)26-2)20-9-4-3-6-17(20)15-28-19-8-5-7-18(14-19)23-10-12-27-13-11-23/h3-9,14,16H,10-13,15H2,1-2H3/b21-16+. The van der Waals surface area contributed by atoms with E-state index in [0.29, 0.717) is 12.2 Å². The molecule has 1 saturated heterocycles. The zero-order chi connectivity index (χ0) is 19.8. The lowest BCUT2D eigenvalue weighted by atomic mass is 10.0. The zero-order valence-electron chi connectivity index (χ0n) is 16.2. The lowest BCUT2D eigenvalue weighted by molar-refractivity contribution is -0.133. The van der Waals surface area contributed by atoms with Gasteiger partial charge >= 0.3 is 5.97 Å². The van der Waals surface area contributed by atoms with Gasteiger partial charge in [0.25, 0.3) is 0 Å². The number of ether oxygens (including phenoxy) is 4. The molecule has 0 N–H and O–H groups in total. The van der Waals surface area contributed by atoms with Gasteiger partial charge in [-0.1, -0.05) is 30.3 Å². The van der Waals surface area contributed by atoms with Gasteiger partial charge in [0.15, 0.2) is 0 Å². The predicted octanol–water partition coefficient (Wildman–Crippen LogP) is 3.26. The van der Waals surface area contributed by atoms with Crippen molar-refractivity contribution in [3.05, 3.63) is 65.9 Å². The summed E-state index contributed by atoms with van der Waals surface area (Å²) < 4.78 is 21.4. The summed E-state index contributed by atoms with van der Waals surface area (Å²) in [6.07, 6.45) is 1.39. The number of methoxy groups -OCH3 is 2. The molecule has 0 saturated carbocycles.